The van der Waals surface area contributed by atoms with E-state index >= 15 is 0 Å². The Morgan fingerprint density at radius 2 is 1.25 bits per heavy atom. The van der Waals surface area contributed by atoms with E-state index in [0.29, 0.717) is 6.04 Å². The summed E-state index contributed by atoms with van der Waals surface area (Å²) >= 11 is 0. The summed E-state index contributed by atoms with van der Waals surface area (Å²) in [4.78, 5) is 0. The summed E-state index contributed by atoms with van der Waals surface area (Å²) in [6.07, 6.45) is 17.8. The second-order valence-electron chi connectivity index (χ2n) is 6.32. The molecule has 1 atom stereocenters. The Hall–Kier alpha value is -0.0800. The molecule has 0 amide bonds. The predicted molar refractivity (Wildman–Crippen MR) is 92.2 cm³/mol. The molecule has 0 aromatic carbocycles. The van der Waals surface area contributed by atoms with Crippen molar-refractivity contribution >= 4 is 0 Å². The molecule has 3 N–H and O–H groups in total. The van der Waals surface area contributed by atoms with Crippen molar-refractivity contribution in [3.8, 4) is 0 Å². The molecule has 0 heterocycles. The van der Waals surface area contributed by atoms with Crippen LogP contribution in [0, 0.1) is 0 Å². The van der Waals surface area contributed by atoms with E-state index < -0.39 is 0 Å². The normalized spacial score (nSPS) is 12.8. The summed E-state index contributed by atoms with van der Waals surface area (Å²) in [7, 11) is 0. The van der Waals surface area contributed by atoms with Gasteiger partial charge in [0.2, 0.25) is 0 Å². The molecule has 2 heteroatoms. The maximum Gasteiger partial charge on any atom is 0.00387 e. The van der Waals surface area contributed by atoms with Gasteiger partial charge in [0.15, 0.2) is 0 Å². The van der Waals surface area contributed by atoms with Crippen LogP contribution in [0.5, 0.6) is 0 Å². The van der Waals surface area contributed by atoms with E-state index in [-0.39, 0.29) is 0 Å². The molecule has 0 aliphatic rings. The maximum atomic E-state index is 5.49. The average molecular weight is 285 g/mol. The third-order valence-electron chi connectivity index (χ3n) is 4.11. The van der Waals surface area contributed by atoms with Gasteiger partial charge < -0.3 is 11.1 Å². The van der Waals surface area contributed by atoms with E-state index in [1.807, 2.05) is 0 Å². The molecule has 2 nitrogen and oxygen atoms in total. The minimum atomic E-state index is 0.712. The van der Waals surface area contributed by atoms with Crippen molar-refractivity contribution in [3.63, 3.8) is 0 Å². The van der Waals surface area contributed by atoms with Crippen LogP contribution in [0.3, 0.4) is 0 Å². The van der Waals surface area contributed by atoms with Gasteiger partial charge in [0.1, 0.15) is 0 Å². The zero-order valence-corrected chi connectivity index (χ0v) is 14.3. The third kappa shape index (κ3) is 16.0. The fraction of sp³-hybridized carbons (Fsp3) is 1.00. The molecular weight excluding hydrogens is 244 g/mol. The van der Waals surface area contributed by atoms with Crippen LogP contribution < -0.4 is 11.1 Å². The van der Waals surface area contributed by atoms with E-state index in [1.54, 1.807) is 0 Å². The monoisotopic (exact) mass is 284 g/mol. The number of hydrogen-bond acceptors (Lipinski definition) is 2. The van der Waals surface area contributed by atoms with Crippen LogP contribution in [0.2, 0.25) is 0 Å². The van der Waals surface area contributed by atoms with Crippen LogP contribution in [-0.2, 0) is 0 Å². The molecule has 0 aliphatic carbocycles. The number of hydrogen-bond donors (Lipinski definition) is 2. The zero-order chi connectivity index (χ0) is 14.9. The first-order valence-electron chi connectivity index (χ1n) is 9.24. The summed E-state index contributed by atoms with van der Waals surface area (Å²) in [5.41, 5.74) is 5.49. The molecule has 0 rings (SSSR count). The Kier molecular flexibility index (Phi) is 16.9. The highest BCUT2D eigenvalue weighted by atomic mass is 14.9. The van der Waals surface area contributed by atoms with Crippen molar-refractivity contribution in [1.82, 2.24) is 5.32 Å². The lowest BCUT2D eigenvalue weighted by Crippen LogP contribution is -2.26. The summed E-state index contributed by atoms with van der Waals surface area (Å²) in [6.45, 7) is 6.67. The highest BCUT2D eigenvalue weighted by Gasteiger charge is 1.99. The summed E-state index contributed by atoms with van der Waals surface area (Å²) in [5, 5.41) is 3.64. The average Bonchev–Trinajstić information content (AvgIpc) is 2.46. The van der Waals surface area contributed by atoms with Gasteiger partial charge in [-0.05, 0) is 39.3 Å². The van der Waals surface area contributed by atoms with Crippen LogP contribution in [0.15, 0.2) is 0 Å². The third-order valence-corrected chi connectivity index (χ3v) is 4.11. The highest BCUT2D eigenvalue weighted by molar-refractivity contribution is 4.60. The van der Waals surface area contributed by atoms with Gasteiger partial charge >= 0.3 is 0 Å². The van der Waals surface area contributed by atoms with E-state index in [9.17, 15) is 0 Å². The molecule has 1 unspecified atom stereocenters. The van der Waals surface area contributed by atoms with Crippen LogP contribution in [0.25, 0.3) is 0 Å². The Labute approximate surface area is 128 Å². The van der Waals surface area contributed by atoms with Crippen molar-refractivity contribution in [1.29, 1.82) is 0 Å². The van der Waals surface area contributed by atoms with Crippen molar-refractivity contribution < 1.29 is 0 Å². The van der Waals surface area contributed by atoms with E-state index in [0.717, 1.165) is 6.54 Å². The SMILES string of the molecule is CCCCC(C)NCCCCCCCCCCCCN. The first-order valence-corrected chi connectivity index (χ1v) is 9.24. The minimum Gasteiger partial charge on any atom is -0.330 e. The van der Waals surface area contributed by atoms with E-state index in [1.165, 1.54) is 90.0 Å². The predicted octanol–water partition coefficient (Wildman–Crippen LogP) is 5.01. The molecule has 122 valence electrons. The van der Waals surface area contributed by atoms with E-state index in [2.05, 4.69) is 19.2 Å². The fourth-order valence-corrected chi connectivity index (χ4v) is 2.64. The number of nitrogens with one attached hydrogen (secondary N) is 1. The molecule has 0 bridgehead atoms. The second kappa shape index (κ2) is 17.0. The lowest BCUT2D eigenvalue weighted by atomic mass is 10.1. The molecular formula is C18H40N2. The standard InChI is InChI=1S/C18H40N2/c1-3-4-15-18(2)20-17-14-12-10-8-6-5-7-9-11-13-16-19/h18,20H,3-17,19H2,1-2H3. The quantitative estimate of drug-likeness (QED) is 0.391. The highest BCUT2D eigenvalue weighted by Crippen LogP contribution is 2.10. The molecule has 0 saturated carbocycles. The maximum absolute atomic E-state index is 5.49. The van der Waals surface area contributed by atoms with E-state index in [4.69, 9.17) is 5.73 Å². The van der Waals surface area contributed by atoms with Gasteiger partial charge in [0, 0.05) is 6.04 Å². The largest absolute Gasteiger partial charge is 0.330 e. The summed E-state index contributed by atoms with van der Waals surface area (Å²) in [6, 6.07) is 0.712. The Morgan fingerprint density at radius 3 is 1.75 bits per heavy atom. The minimum absolute atomic E-state index is 0.712. The molecule has 20 heavy (non-hydrogen) atoms. The van der Waals surface area contributed by atoms with Crippen molar-refractivity contribution in [2.75, 3.05) is 13.1 Å². The molecule has 0 fully saturated rings. The molecule has 0 radical (unpaired) electrons. The second-order valence-corrected chi connectivity index (χ2v) is 6.32. The first kappa shape index (κ1) is 19.9. The molecule has 0 aromatic rings. The zero-order valence-electron chi connectivity index (χ0n) is 14.3. The summed E-state index contributed by atoms with van der Waals surface area (Å²) in [5.74, 6) is 0. The van der Waals surface area contributed by atoms with Gasteiger partial charge in [0.05, 0.1) is 0 Å². The smallest absolute Gasteiger partial charge is 0.00387 e. The molecule has 0 spiro atoms. The van der Waals surface area contributed by atoms with Gasteiger partial charge in [-0.2, -0.15) is 0 Å². The Morgan fingerprint density at radius 1 is 0.750 bits per heavy atom. The molecule has 0 aromatic heterocycles. The summed E-state index contributed by atoms with van der Waals surface area (Å²) < 4.78 is 0. The molecule has 0 saturated heterocycles. The van der Waals surface area contributed by atoms with Gasteiger partial charge in [-0.1, -0.05) is 71.1 Å². The van der Waals surface area contributed by atoms with Gasteiger partial charge in [-0.15, -0.1) is 0 Å². The number of unbranched alkanes of at least 4 members (excludes halogenated alkanes) is 10. The lowest BCUT2D eigenvalue weighted by Gasteiger charge is -2.12. The van der Waals surface area contributed by atoms with Crippen LogP contribution in [0.1, 0.15) is 97.3 Å². The lowest BCUT2D eigenvalue weighted by molar-refractivity contribution is 0.475. The van der Waals surface area contributed by atoms with Crippen LogP contribution >= 0.6 is 0 Å². The number of rotatable bonds is 16. The molecule has 0 aliphatic heterocycles. The topological polar surface area (TPSA) is 38.0 Å². The van der Waals surface area contributed by atoms with Crippen molar-refractivity contribution in [2.45, 2.75) is 103 Å². The van der Waals surface area contributed by atoms with Gasteiger partial charge in [-0.3, -0.25) is 0 Å². The van der Waals surface area contributed by atoms with Crippen molar-refractivity contribution in [3.05, 3.63) is 0 Å². The fourth-order valence-electron chi connectivity index (χ4n) is 2.64. The van der Waals surface area contributed by atoms with Crippen LogP contribution in [-0.4, -0.2) is 19.1 Å². The van der Waals surface area contributed by atoms with Gasteiger partial charge in [-0.25, -0.2) is 0 Å². The van der Waals surface area contributed by atoms with Crippen molar-refractivity contribution in [2.24, 2.45) is 5.73 Å². The van der Waals surface area contributed by atoms with Gasteiger partial charge in [0.25, 0.3) is 0 Å². The Balaban J connectivity index is 3.02. The first-order chi connectivity index (χ1) is 9.81. The van der Waals surface area contributed by atoms with Crippen LogP contribution in [0.4, 0.5) is 0 Å². The number of nitrogens with two attached hydrogens (primary N) is 1. The Bertz CT molecular complexity index is 171.